The summed E-state index contributed by atoms with van der Waals surface area (Å²) in [5, 5.41) is 0. The maximum Gasteiger partial charge on any atom is 0.218 e. The van der Waals surface area contributed by atoms with Crippen molar-refractivity contribution in [2.45, 2.75) is 37.4 Å². The van der Waals surface area contributed by atoms with Gasteiger partial charge in [0, 0.05) is 31.4 Å². The fourth-order valence-corrected chi connectivity index (χ4v) is 4.72. The molecule has 0 bridgehead atoms. The molecule has 5 nitrogen and oxygen atoms in total. The lowest BCUT2D eigenvalue weighted by atomic mass is 10.0. The van der Waals surface area contributed by atoms with Crippen molar-refractivity contribution in [3.05, 3.63) is 59.2 Å². The fraction of sp³-hybridized carbons (Fsp3) is 0.444. The molecule has 1 aliphatic carbocycles. The molecule has 0 N–H and O–H groups in total. The monoisotopic (exact) mass is 343 g/mol. The Labute approximate surface area is 142 Å². The van der Waals surface area contributed by atoms with E-state index in [2.05, 4.69) is 9.97 Å². The molecule has 2 fully saturated rings. The van der Waals surface area contributed by atoms with Crippen LogP contribution in [0.1, 0.15) is 47.2 Å². The van der Waals surface area contributed by atoms with Crippen molar-refractivity contribution in [3.8, 4) is 0 Å². The summed E-state index contributed by atoms with van der Waals surface area (Å²) in [6, 6.07) is 7.66. The van der Waals surface area contributed by atoms with E-state index in [0.29, 0.717) is 19.0 Å². The summed E-state index contributed by atoms with van der Waals surface area (Å²) in [4.78, 5) is 8.88. The van der Waals surface area contributed by atoms with Gasteiger partial charge in [-0.2, -0.15) is 0 Å². The number of benzene rings is 1. The normalized spacial score (nSPS) is 19.2. The summed E-state index contributed by atoms with van der Waals surface area (Å²) in [5.41, 5.74) is 3.12. The molecule has 2 heterocycles. The second-order valence-corrected chi connectivity index (χ2v) is 8.88. The summed E-state index contributed by atoms with van der Waals surface area (Å²) in [5.74, 6) is 1.58. The van der Waals surface area contributed by atoms with E-state index in [9.17, 15) is 8.42 Å². The number of hydrogen-bond acceptors (Lipinski definition) is 4. The molecule has 2 aliphatic rings. The van der Waals surface area contributed by atoms with E-state index in [0.717, 1.165) is 17.0 Å². The van der Waals surface area contributed by atoms with Gasteiger partial charge in [0.15, 0.2) is 0 Å². The van der Waals surface area contributed by atoms with Crippen LogP contribution in [0.2, 0.25) is 0 Å². The molecule has 1 saturated heterocycles. The van der Waals surface area contributed by atoms with Gasteiger partial charge in [0.2, 0.25) is 10.0 Å². The number of aryl methyl sites for hydroxylation is 1. The first kappa shape index (κ1) is 15.7. The van der Waals surface area contributed by atoms with Crippen molar-refractivity contribution in [2.75, 3.05) is 13.1 Å². The van der Waals surface area contributed by atoms with E-state index >= 15 is 0 Å². The predicted molar refractivity (Wildman–Crippen MR) is 92.1 cm³/mol. The third-order valence-electron chi connectivity index (χ3n) is 4.78. The number of nitrogens with zero attached hydrogens (tertiary/aromatic N) is 3. The molecular formula is C18H21N3O2S. The van der Waals surface area contributed by atoms with Crippen LogP contribution >= 0.6 is 0 Å². The Hall–Kier alpha value is -1.79. The minimum absolute atomic E-state index is 0.0584. The molecule has 24 heavy (non-hydrogen) atoms. The van der Waals surface area contributed by atoms with Gasteiger partial charge < -0.3 is 0 Å². The number of rotatable bonds is 5. The Kier molecular flexibility index (Phi) is 3.89. The third-order valence-corrected chi connectivity index (χ3v) is 6.56. The highest BCUT2D eigenvalue weighted by Crippen LogP contribution is 2.39. The standard InChI is InChI=1S/C18H21N3O2S/c1-13-3-2-4-14(7-13)12-24(22,23)21-10-17(11-21)18-19-8-16(9-20-18)15-5-6-15/h2-4,7-9,15,17H,5-6,10-12H2,1H3. The molecule has 0 spiro atoms. The fourth-order valence-electron chi connectivity index (χ4n) is 3.12. The Balaban J connectivity index is 1.38. The molecule has 6 heteroatoms. The summed E-state index contributed by atoms with van der Waals surface area (Å²) < 4.78 is 26.6. The Morgan fingerprint density at radius 2 is 1.83 bits per heavy atom. The summed E-state index contributed by atoms with van der Waals surface area (Å²) >= 11 is 0. The van der Waals surface area contributed by atoms with Crippen LogP contribution in [0.5, 0.6) is 0 Å². The van der Waals surface area contributed by atoms with Crippen LogP contribution in [0.3, 0.4) is 0 Å². The highest BCUT2D eigenvalue weighted by molar-refractivity contribution is 7.88. The second kappa shape index (κ2) is 5.93. The molecule has 2 aromatic rings. The Bertz CT molecular complexity index is 839. The van der Waals surface area contributed by atoms with Crippen molar-refractivity contribution in [2.24, 2.45) is 0 Å². The maximum absolute atomic E-state index is 12.5. The molecule has 0 unspecified atom stereocenters. The zero-order chi connectivity index (χ0) is 16.7. The first-order valence-corrected chi connectivity index (χ1v) is 9.97. The molecule has 1 aromatic heterocycles. The van der Waals surface area contributed by atoms with Gasteiger partial charge in [-0.25, -0.2) is 22.7 Å². The van der Waals surface area contributed by atoms with Crippen molar-refractivity contribution < 1.29 is 8.42 Å². The van der Waals surface area contributed by atoms with E-state index in [4.69, 9.17) is 0 Å². The van der Waals surface area contributed by atoms with Crippen molar-refractivity contribution in [1.29, 1.82) is 0 Å². The van der Waals surface area contributed by atoms with E-state index in [1.54, 1.807) is 0 Å². The Morgan fingerprint density at radius 3 is 2.46 bits per heavy atom. The maximum atomic E-state index is 12.5. The van der Waals surface area contributed by atoms with Crippen LogP contribution < -0.4 is 0 Å². The first-order chi connectivity index (χ1) is 11.5. The quantitative estimate of drug-likeness (QED) is 0.837. The van der Waals surface area contributed by atoms with Crippen LogP contribution in [0.4, 0.5) is 0 Å². The minimum atomic E-state index is -3.27. The molecule has 0 atom stereocenters. The summed E-state index contributed by atoms with van der Waals surface area (Å²) in [6.07, 6.45) is 6.28. The molecule has 1 saturated carbocycles. The smallest absolute Gasteiger partial charge is 0.218 e. The van der Waals surface area contributed by atoms with Crippen LogP contribution in [0.25, 0.3) is 0 Å². The second-order valence-electron chi connectivity index (χ2n) is 6.91. The van der Waals surface area contributed by atoms with Crippen molar-refractivity contribution >= 4 is 10.0 Å². The molecular weight excluding hydrogens is 322 g/mol. The van der Waals surface area contributed by atoms with Gasteiger partial charge in [0.25, 0.3) is 0 Å². The van der Waals surface area contributed by atoms with Crippen LogP contribution in [-0.2, 0) is 15.8 Å². The van der Waals surface area contributed by atoms with Crippen molar-refractivity contribution in [3.63, 3.8) is 0 Å². The van der Waals surface area contributed by atoms with Gasteiger partial charge in [-0.3, -0.25) is 0 Å². The molecule has 0 radical (unpaired) electrons. The van der Waals surface area contributed by atoms with E-state index < -0.39 is 10.0 Å². The molecule has 4 rings (SSSR count). The average molecular weight is 343 g/mol. The van der Waals surface area contributed by atoms with Gasteiger partial charge in [0.1, 0.15) is 5.82 Å². The molecule has 0 amide bonds. The Morgan fingerprint density at radius 1 is 1.12 bits per heavy atom. The number of hydrogen-bond donors (Lipinski definition) is 0. The number of aromatic nitrogens is 2. The van der Waals surface area contributed by atoms with E-state index in [1.165, 1.54) is 22.7 Å². The topological polar surface area (TPSA) is 63.2 Å². The van der Waals surface area contributed by atoms with Crippen LogP contribution in [0.15, 0.2) is 36.7 Å². The lowest BCUT2D eigenvalue weighted by Gasteiger charge is -2.37. The third kappa shape index (κ3) is 3.21. The van der Waals surface area contributed by atoms with Gasteiger partial charge in [-0.05, 0) is 36.8 Å². The van der Waals surface area contributed by atoms with Gasteiger partial charge >= 0.3 is 0 Å². The summed E-state index contributed by atoms with van der Waals surface area (Å²) in [6.45, 7) is 2.94. The average Bonchev–Trinajstić information content (AvgIpc) is 3.30. The largest absolute Gasteiger partial charge is 0.241 e. The predicted octanol–water partition coefficient (Wildman–Crippen LogP) is 2.59. The van der Waals surface area contributed by atoms with Gasteiger partial charge in [0.05, 0.1) is 5.75 Å². The molecule has 1 aliphatic heterocycles. The summed E-state index contributed by atoms with van der Waals surface area (Å²) in [7, 11) is -3.27. The van der Waals surface area contributed by atoms with Gasteiger partial charge in [-0.15, -0.1) is 0 Å². The van der Waals surface area contributed by atoms with E-state index in [-0.39, 0.29) is 11.7 Å². The van der Waals surface area contributed by atoms with Gasteiger partial charge in [-0.1, -0.05) is 29.8 Å². The number of sulfonamides is 1. The lowest BCUT2D eigenvalue weighted by Crippen LogP contribution is -2.49. The first-order valence-electron chi connectivity index (χ1n) is 8.36. The zero-order valence-electron chi connectivity index (χ0n) is 13.7. The highest BCUT2D eigenvalue weighted by atomic mass is 32.2. The van der Waals surface area contributed by atoms with Crippen LogP contribution in [0, 0.1) is 6.92 Å². The van der Waals surface area contributed by atoms with Crippen molar-refractivity contribution in [1.82, 2.24) is 14.3 Å². The SMILES string of the molecule is Cc1cccc(CS(=O)(=O)N2CC(c3ncc(C4CC4)cn3)C2)c1. The van der Waals surface area contributed by atoms with E-state index in [1.807, 2.05) is 43.6 Å². The minimum Gasteiger partial charge on any atom is -0.241 e. The lowest BCUT2D eigenvalue weighted by molar-refractivity contribution is 0.255. The molecule has 126 valence electrons. The zero-order valence-corrected chi connectivity index (χ0v) is 14.5. The highest BCUT2D eigenvalue weighted by Gasteiger charge is 2.38. The van der Waals surface area contributed by atoms with Crippen LogP contribution in [-0.4, -0.2) is 35.8 Å². The molecule has 1 aromatic carbocycles.